The van der Waals surface area contributed by atoms with Gasteiger partial charge in [0.2, 0.25) is 5.91 Å². The molecule has 35 heavy (non-hydrogen) atoms. The number of nitrogens with zero attached hydrogens (tertiary/aromatic N) is 2. The maximum absolute atomic E-state index is 13.6. The summed E-state index contributed by atoms with van der Waals surface area (Å²) in [7, 11) is 0. The van der Waals surface area contributed by atoms with Gasteiger partial charge in [0.05, 0.1) is 11.7 Å². The third kappa shape index (κ3) is 4.69. The molecule has 1 amide bonds. The zero-order valence-electron chi connectivity index (χ0n) is 18.5. The maximum atomic E-state index is 13.6. The summed E-state index contributed by atoms with van der Waals surface area (Å²) in [6, 6.07) is 20.8. The molecule has 0 unspecified atom stereocenters. The Labute approximate surface area is 215 Å². The Morgan fingerprint density at radius 1 is 1.14 bits per heavy atom. The van der Waals surface area contributed by atoms with Crippen LogP contribution in [0.5, 0.6) is 0 Å². The average molecular weight is 551 g/mol. The standard InChI is InChI=1S/C26H20BrFN4O2S/c1-15(33)30-17-6-8-18(9-7-17)32-25(24(31-26(32)35)21-4-2-3-13-29-21)23-12-11-22(34-23)19-10-5-16(28)14-20(19)27/h2-14,24-25H,1H3,(H,30,33)(H,31,35)/t24-,25+/m0/s1. The third-order valence-electron chi connectivity index (χ3n) is 5.68. The smallest absolute Gasteiger partial charge is 0.221 e. The number of carbonyl (C=O) groups is 1. The lowest BCUT2D eigenvalue weighted by atomic mass is 10.0. The summed E-state index contributed by atoms with van der Waals surface area (Å²) >= 11 is 9.16. The van der Waals surface area contributed by atoms with Crippen LogP contribution >= 0.6 is 28.1 Å². The van der Waals surface area contributed by atoms with Gasteiger partial charge in [0.1, 0.15) is 23.4 Å². The maximum Gasteiger partial charge on any atom is 0.221 e. The number of anilines is 2. The number of nitrogens with one attached hydrogen (secondary N) is 2. The van der Waals surface area contributed by atoms with Crippen molar-refractivity contribution in [2.45, 2.75) is 19.0 Å². The van der Waals surface area contributed by atoms with E-state index in [4.69, 9.17) is 16.6 Å². The minimum Gasteiger partial charge on any atom is -0.459 e. The zero-order chi connectivity index (χ0) is 24.5. The van der Waals surface area contributed by atoms with E-state index >= 15 is 0 Å². The van der Waals surface area contributed by atoms with Crippen LogP contribution in [0.4, 0.5) is 15.8 Å². The first-order valence-electron chi connectivity index (χ1n) is 10.8. The molecule has 0 radical (unpaired) electrons. The van der Waals surface area contributed by atoms with E-state index < -0.39 is 0 Å². The summed E-state index contributed by atoms with van der Waals surface area (Å²) in [4.78, 5) is 17.9. The van der Waals surface area contributed by atoms with Crippen LogP contribution in [0.1, 0.15) is 30.5 Å². The minimum absolute atomic E-state index is 0.140. The van der Waals surface area contributed by atoms with Crippen LogP contribution in [-0.4, -0.2) is 16.0 Å². The van der Waals surface area contributed by atoms with Crippen LogP contribution in [0.3, 0.4) is 0 Å². The molecule has 0 spiro atoms. The number of benzene rings is 2. The van der Waals surface area contributed by atoms with Gasteiger partial charge < -0.3 is 20.0 Å². The molecule has 0 bridgehead atoms. The topological polar surface area (TPSA) is 70.4 Å². The lowest BCUT2D eigenvalue weighted by molar-refractivity contribution is -0.114. The number of rotatable bonds is 5. The predicted octanol–water partition coefficient (Wildman–Crippen LogP) is 6.38. The van der Waals surface area contributed by atoms with E-state index in [1.807, 2.05) is 59.5 Å². The van der Waals surface area contributed by atoms with Gasteiger partial charge in [0.25, 0.3) is 0 Å². The van der Waals surface area contributed by atoms with Gasteiger partial charge in [0.15, 0.2) is 5.11 Å². The summed E-state index contributed by atoms with van der Waals surface area (Å²) in [6.45, 7) is 1.47. The van der Waals surface area contributed by atoms with Gasteiger partial charge in [-0.1, -0.05) is 6.07 Å². The molecule has 1 fully saturated rings. The van der Waals surface area contributed by atoms with E-state index in [2.05, 4.69) is 31.5 Å². The fraction of sp³-hybridized carbons (Fsp3) is 0.115. The van der Waals surface area contributed by atoms with E-state index in [0.29, 0.717) is 26.8 Å². The number of amides is 1. The third-order valence-corrected chi connectivity index (χ3v) is 6.65. The summed E-state index contributed by atoms with van der Waals surface area (Å²) in [5, 5.41) is 6.69. The normalized spacial score (nSPS) is 17.3. The summed E-state index contributed by atoms with van der Waals surface area (Å²) in [5.74, 6) is 0.803. The van der Waals surface area contributed by atoms with E-state index in [9.17, 15) is 9.18 Å². The molecule has 0 aliphatic carbocycles. The van der Waals surface area contributed by atoms with Gasteiger partial charge in [-0.25, -0.2) is 4.39 Å². The molecule has 2 aromatic carbocycles. The molecule has 1 aliphatic rings. The number of aromatic nitrogens is 1. The second kappa shape index (κ2) is 9.59. The Morgan fingerprint density at radius 3 is 2.63 bits per heavy atom. The predicted molar refractivity (Wildman–Crippen MR) is 140 cm³/mol. The Bertz CT molecular complexity index is 1390. The van der Waals surface area contributed by atoms with E-state index in [0.717, 1.165) is 16.9 Å². The van der Waals surface area contributed by atoms with Gasteiger partial charge >= 0.3 is 0 Å². The van der Waals surface area contributed by atoms with Crippen LogP contribution in [0.15, 0.2) is 87.9 Å². The first-order chi connectivity index (χ1) is 16.9. The summed E-state index contributed by atoms with van der Waals surface area (Å²) in [6.07, 6.45) is 1.74. The van der Waals surface area contributed by atoms with Gasteiger partial charge in [-0.2, -0.15) is 0 Å². The van der Waals surface area contributed by atoms with Crippen molar-refractivity contribution in [3.05, 3.63) is 101 Å². The highest BCUT2D eigenvalue weighted by Gasteiger charge is 2.42. The number of thiocarbonyl (C=S) groups is 1. The molecule has 1 saturated heterocycles. The molecule has 2 N–H and O–H groups in total. The second-order valence-corrected chi connectivity index (χ2v) is 9.29. The van der Waals surface area contributed by atoms with Crippen molar-refractivity contribution < 1.29 is 13.6 Å². The van der Waals surface area contributed by atoms with Crippen molar-refractivity contribution >= 4 is 50.5 Å². The fourth-order valence-corrected chi connectivity index (χ4v) is 5.07. The monoisotopic (exact) mass is 550 g/mol. The molecule has 2 aromatic heterocycles. The Hall–Kier alpha value is -3.56. The van der Waals surface area contributed by atoms with Gasteiger partial charge in [-0.05, 0) is 94.9 Å². The second-order valence-electron chi connectivity index (χ2n) is 8.05. The molecule has 2 atom stereocenters. The molecule has 5 rings (SSSR count). The van der Waals surface area contributed by atoms with Crippen molar-refractivity contribution in [1.82, 2.24) is 10.3 Å². The van der Waals surface area contributed by atoms with Crippen molar-refractivity contribution in [3.63, 3.8) is 0 Å². The van der Waals surface area contributed by atoms with Gasteiger partial charge in [0, 0.05) is 34.5 Å². The van der Waals surface area contributed by atoms with Crippen LogP contribution in [0.2, 0.25) is 0 Å². The van der Waals surface area contributed by atoms with Crippen molar-refractivity contribution in [1.29, 1.82) is 0 Å². The Kier molecular flexibility index (Phi) is 6.36. The van der Waals surface area contributed by atoms with E-state index in [-0.39, 0.29) is 23.8 Å². The molecule has 6 nitrogen and oxygen atoms in total. The van der Waals surface area contributed by atoms with E-state index in [1.165, 1.54) is 19.1 Å². The van der Waals surface area contributed by atoms with Gasteiger partial charge in [-0.3, -0.25) is 9.78 Å². The zero-order valence-corrected chi connectivity index (χ0v) is 20.9. The number of halogens is 2. The number of furan rings is 1. The first-order valence-corrected chi connectivity index (χ1v) is 12.0. The fourth-order valence-electron chi connectivity index (χ4n) is 4.18. The molecule has 176 valence electrons. The first kappa shape index (κ1) is 23.2. The highest BCUT2D eigenvalue weighted by atomic mass is 79.9. The highest BCUT2D eigenvalue weighted by molar-refractivity contribution is 9.10. The molecule has 1 aliphatic heterocycles. The highest BCUT2D eigenvalue weighted by Crippen LogP contribution is 2.43. The quantitative estimate of drug-likeness (QED) is 0.281. The van der Waals surface area contributed by atoms with Crippen LogP contribution in [0.25, 0.3) is 11.3 Å². The molecular formula is C26H20BrFN4O2S. The average Bonchev–Trinajstić information content (AvgIpc) is 3.44. The molecule has 3 heterocycles. The largest absolute Gasteiger partial charge is 0.459 e. The van der Waals surface area contributed by atoms with Crippen molar-refractivity contribution in [3.8, 4) is 11.3 Å². The number of pyridine rings is 1. The molecular weight excluding hydrogens is 531 g/mol. The summed E-state index contributed by atoms with van der Waals surface area (Å²) in [5.41, 5.74) is 3.09. The minimum atomic E-state index is -0.336. The summed E-state index contributed by atoms with van der Waals surface area (Å²) < 4.78 is 20.5. The van der Waals surface area contributed by atoms with Gasteiger partial charge in [-0.15, -0.1) is 0 Å². The van der Waals surface area contributed by atoms with Crippen LogP contribution in [-0.2, 0) is 4.79 Å². The Morgan fingerprint density at radius 2 is 1.94 bits per heavy atom. The van der Waals surface area contributed by atoms with Crippen LogP contribution in [0, 0.1) is 5.82 Å². The SMILES string of the molecule is CC(=O)Nc1ccc(N2C(=S)N[C@@H](c3ccccn3)[C@H]2c2ccc(-c3ccc(F)cc3Br)o2)cc1. The Balaban J connectivity index is 1.56. The number of hydrogen-bond acceptors (Lipinski definition) is 4. The van der Waals surface area contributed by atoms with E-state index in [1.54, 1.807) is 12.3 Å². The lowest BCUT2D eigenvalue weighted by Crippen LogP contribution is -2.29. The molecule has 9 heteroatoms. The lowest BCUT2D eigenvalue weighted by Gasteiger charge is -2.26. The van der Waals surface area contributed by atoms with Crippen molar-refractivity contribution in [2.24, 2.45) is 0 Å². The molecule has 4 aromatic rings. The van der Waals surface area contributed by atoms with Crippen LogP contribution < -0.4 is 15.5 Å². The van der Waals surface area contributed by atoms with Crippen molar-refractivity contribution in [2.75, 3.05) is 10.2 Å². The molecule has 0 saturated carbocycles. The number of carbonyl (C=O) groups excluding carboxylic acids is 1. The number of hydrogen-bond donors (Lipinski definition) is 2.